The number of hydrogen-bond donors (Lipinski definition) is 3. The number of aromatic nitrogens is 1. The van der Waals surface area contributed by atoms with Gasteiger partial charge in [-0.2, -0.15) is 10.3 Å². The highest BCUT2D eigenvalue weighted by Gasteiger charge is 2.45. The molecule has 0 aliphatic carbocycles. The number of anilines is 1. The van der Waals surface area contributed by atoms with Gasteiger partial charge in [-0.3, -0.25) is 5.32 Å². The molecule has 2 heterocycles. The zero-order chi connectivity index (χ0) is 18.0. The summed E-state index contributed by atoms with van der Waals surface area (Å²) in [6.07, 6.45) is 4.93. The van der Waals surface area contributed by atoms with Crippen molar-refractivity contribution in [2.24, 2.45) is 4.99 Å². The number of nitrogens with zero attached hydrogens (tertiary/aromatic N) is 4. The average Bonchev–Trinajstić information content (AvgIpc) is 2.47. The smallest absolute Gasteiger partial charge is 0.209 e. The molecule has 24 heavy (non-hydrogen) atoms. The van der Waals surface area contributed by atoms with Gasteiger partial charge in [0.1, 0.15) is 4.60 Å². The average molecular weight is 395 g/mol. The van der Waals surface area contributed by atoms with Crippen molar-refractivity contribution in [1.82, 2.24) is 15.4 Å². The zero-order valence-corrected chi connectivity index (χ0v) is 15.9. The molecular formula is C16H23BrN6O. The van der Waals surface area contributed by atoms with Crippen molar-refractivity contribution in [2.45, 2.75) is 57.7 Å². The molecule has 8 heteroatoms. The fourth-order valence-corrected chi connectivity index (χ4v) is 3.46. The summed E-state index contributed by atoms with van der Waals surface area (Å²) in [5.74, 6) is 0.379. The van der Waals surface area contributed by atoms with Crippen molar-refractivity contribution in [3.63, 3.8) is 0 Å². The van der Waals surface area contributed by atoms with Gasteiger partial charge >= 0.3 is 0 Å². The van der Waals surface area contributed by atoms with Gasteiger partial charge in [-0.15, -0.1) is 0 Å². The van der Waals surface area contributed by atoms with E-state index in [0.717, 1.165) is 10.3 Å². The second-order valence-corrected chi connectivity index (χ2v) is 8.02. The summed E-state index contributed by atoms with van der Waals surface area (Å²) < 4.78 is 0.735. The second-order valence-electron chi connectivity index (χ2n) is 7.21. The highest BCUT2D eigenvalue weighted by molar-refractivity contribution is 9.10. The molecule has 0 bridgehead atoms. The summed E-state index contributed by atoms with van der Waals surface area (Å²) >= 11 is 3.29. The predicted molar refractivity (Wildman–Crippen MR) is 96.5 cm³/mol. The van der Waals surface area contributed by atoms with Gasteiger partial charge in [-0.05, 0) is 68.6 Å². The summed E-state index contributed by atoms with van der Waals surface area (Å²) in [6.45, 7) is 7.94. The maximum absolute atomic E-state index is 10.4. The monoisotopic (exact) mass is 394 g/mol. The molecule has 0 radical (unpaired) electrons. The molecule has 1 aliphatic heterocycles. The van der Waals surface area contributed by atoms with Crippen molar-refractivity contribution in [3.05, 3.63) is 22.9 Å². The van der Waals surface area contributed by atoms with Crippen LogP contribution >= 0.6 is 15.9 Å². The maximum atomic E-state index is 10.4. The van der Waals surface area contributed by atoms with Gasteiger partial charge in [0.2, 0.25) is 5.96 Å². The summed E-state index contributed by atoms with van der Waals surface area (Å²) in [7, 11) is 0. The molecule has 0 atom stereocenters. The Labute approximate surface area is 150 Å². The minimum atomic E-state index is -0.396. The molecule has 130 valence electrons. The van der Waals surface area contributed by atoms with Gasteiger partial charge in [0.05, 0.1) is 17.9 Å². The van der Waals surface area contributed by atoms with Crippen LogP contribution in [0.5, 0.6) is 0 Å². The second kappa shape index (κ2) is 7.05. The van der Waals surface area contributed by atoms with Crippen molar-refractivity contribution >= 4 is 27.6 Å². The fourth-order valence-electron chi connectivity index (χ4n) is 3.23. The van der Waals surface area contributed by atoms with Crippen LogP contribution in [0.1, 0.15) is 40.5 Å². The van der Waals surface area contributed by atoms with Gasteiger partial charge in [-0.25, -0.2) is 9.98 Å². The number of pyridine rings is 1. The van der Waals surface area contributed by atoms with E-state index in [4.69, 9.17) is 5.26 Å². The lowest BCUT2D eigenvalue weighted by Gasteiger charge is -2.50. The molecule has 0 unspecified atom stereocenters. The number of hydroxylamine groups is 2. The first-order chi connectivity index (χ1) is 11.1. The Hall–Kier alpha value is -1.69. The molecular weight excluding hydrogens is 372 g/mol. The number of piperidine rings is 1. The molecule has 2 rings (SSSR count). The normalized spacial score (nSPS) is 21.1. The molecule has 3 N–H and O–H groups in total. The van der Waals surface area contributed by atoms with E-state index in [0.29, 0.717) is 18.8 Å². The fraction of sp³-hybridized carbons (Fsp3) is 0.562. The van der Waals surface area contributed by atoms with E-state index in [9.17, 15) is 5.21 Å². The van der Waals surface area contributed by atoms with Gasteiger partial charge in [0.15, 0.2) is 6.19 Å². The molecule has 0 amide bonds. The van der Waals surface area contributed by atoms with E-state index in [2.05, 4.69) is 36.5 Å². The molecule has 1 aromatic heterocycles. The van der Waals surface area contributed by atoms with Gasteiger partial charge in [0, 0.05) is 11.1 Å². The zero-order valence-electron chi connectivity index (χ0n) is 14.3. The molecule has 1 aromatic rings. The number of aliphatic imine (C=N–C) groups is 1. The lowest BCUT2D eigenvalue weighted by Crippen LogP contribution is -2.60. The molecule has 0 aromatic carbocycles. The standard InChI is InChI=1S/C16H23BrN6O/c1-15(2)7-12(8-16(3,4)23(15)24)22-14(20-10-18)21-11-5-6-13(17)19-9-11/h5-6,9,12,24H,7-8H2,1-4H3,(H2,20,21,22). The summed E-state index contributed by atoms with van der Waals surface area (Å²) in [5.41, 5.74) is -0.0579. The number of nitriles is 1. The third kappa shape index (κ3) is 4.44. The summed E-state index contributed by atoms with van der Waals surface area (Å²) in [6, 6.07) is 3.63. The Balaban J connectivity index is 2.20. The first-order valence-corrected chi connectivity index (χ1v) is 8.54. The quantitative estimate of drug-likeness (QED) is 0.234. The van der Waals surface area contributed by atoms with E-state index in [-0.39, 0.29) is 6.04 Å². The van der Waals surface area contributed by atoms with Gasteiger partial charge in [-0.1, -0.05) is 0 Å². The first-order valence-electron chi connectivity index (χ1n) is 7.75. The molecule has 0 saturated carbocycles. The topological polar surface area (TPSA) is 96.6 Å². The lowest BCUT2D eigenvalue weighted by molar-refractivity contribution is -0.244. The predicted octanol–water partition coefficient (Wildman–Crippen LogP) is 3.09. The lowest BCUT2D eigenvalue weighted by atomic mass is 9.79. The van der Waals surface area contributed by atoms with Crippen LogP contribution in [0.15, 0.2) is 27.9 Å². The van der Waals surface area contributed by atoms with Crippen LogP contribution in [0.25, 0.3) is 0 Å². The third-order valence-electron chi connectivity index (χ3n) is 4.09. The van der Waals surface area contributed by atoms with Crippen molar-refractivity contribution < 1.29 is 5.21 Å². The minimum Gasteiger partial charge on any atom is -0.324 e. The largest absolute Gasteiger partial charge is 0.324 e. The van der Waals surface area contributed by atoms with E-state index in [1.54, 1.807) is 6.20 Å². The van der Waals surface area contributed by atoms with Crippen molar-refractivity contribution in [1.29, 1.82) is 5.26 Å². The highest BCUT2D eigenvalue weighted by atomic mass is 79.9. The summed E-state index contributed by atoms with van der Waals surface area (Å²) in [4.78, 5) is 8.81. The molecule has 1 saturated heterocycles. The number of rotatable bonds is 2. The summed E-state index contributed by atoms with van der Waals surface area (Å²) in [5, 5.41) is 26.4. The highest BCUT2D eigenvalue weighted by Crippen LogP contribution is 2.37. The van der Waals surface area contributed by atoms with E-state index in [1.165, 1.54) is 5.06 Å². The van der Waals surface area contributed by atoms with Crippen LogP contribution in [0.3, 0.4) is 0 Å². The van der Waals surface area contributed by atoms with Crippen LogP contribution in [0.4, 0.5) is 5.69 Å². The van der Waals surface area contributed by atoms with E-state index in [1.807, 2.05) is 46.0 Å². The van der Waals surface area contributed by atoms with Crippen LogP contribution in [0.2, 0.25) is 0 Å². The Bertz CT molecular complexity index is 632. The van der Waals surface area contributed by atoms with Crippen LogP contribution in [0, 0.1) is 11.5 Å². The maximum Gasteiger partial charge on any atom is 0.209 e. The Morgan fingerprint density at radius 3 is 2.50 bits per heavy atom. The Morgan fingerprint density at radius 1 is 1.38 bits per heavy atom. The molecule has 1 aliphatic rings. The number of halogens is 1. The third-order valence-corrected chi connectivity index (χ3v) is 4.56. The van der Waals surface area contributed by atoms with Crippen LogP contribution in [-0.4, -0.2) is 38.3 Å². The van der Waals surface area contributed by atoms with Gasteiger partial charge in [0.25, 0.3) is 0 Å². The van der Waals surface area contributed by atoms with Gasteiger partial charge < -0.3 is 10.5 Å². The Morgan fingerprint density at radius 2 is 2.00 bits per heavy atom. The molecule has 0 spiro atoms. The van der Waals surface area contributed by atoms with Crippen molar-refractivity contribution in [2.75, 3.05) is 5.32 Å². The SMILES string of the molecule is CC1(C)CC(N=C(NC#N)Nc2ccc(Br)nc2)CC(C)(C)N1O. The van der Waals surface area contributed by atoms with Crippen molar-refractivity contribution in [3.8, 4) is 6.19 Å². The van der Waals surface area contributed by atoms with Crippen LogP contribution in [-0.2, 0) is 0 Å². The number of nitrogens with one attached hydrogen (secondary N) is 2. The van der Waals surface area contributed by atoms with Crippen LogP contribution < -0.4 is 10.6 Å². The first kappa shape index (κ1) is 18.6. The minimum absolute atomic E-state index is 0.0230. The van der Waals surface area contributed by atoms with E-state index >= 15 is 0 Å². The molecule has 7 nitrogen and oxygen atoms in total. The number of guanidine groups is 1. The number of hydrogen-bond acceptors (Lipinski definition) is 5. The van der Waals surface area contributed by atoms with E-state index < -0.39 is 11.1 Å². The Kier molecular flexibility index (Phi) is 5.48. The molecule has 1 fully saturated rings.